The topological polar surface area (TPSA) is 51.1 Å². The first kappa shape index (κ1) is 27.9. The molecule has 0 aromatic heterocycles. The van der Waals surface area contributed by atoms with E-state index in [2.05, 4.69) is 21.0 Å². The maximum atomic E-state index is 14.3. The van der Waals surface area contributed by atoms with Gasteiger partial charge in [0.1, 0.15) is 12.3 Å². The molecule has 4 rings (SSSR count). The van der Waals surface area contributed by atoms with Gasteiger partial charge in [-0.1, -0.05) is 45.2 Å². The van der Waals surface area contributed by atoms with E-state index in [1.54, 1.807) is 24.3 Å². The number of halogens is 8. The lowest BCUT2D eigenvalue weighted by atomic mass is 10.1. The van der Waals surface area contributed by atoms with Crippen LogP contribution in [0.4, 0.5) is 27.6 Å². The molecule has 0 saturated carbocycles. The van der Waals surface area contributed by atoms with Crippen LogP contribution in [-0.4, -0.2) is 18.7 Å². The molecule has 1 aliphatic rings. The van der Waals surface area contributed by atoms with E-state index in [4.69, 9.17) is 32.7 Å². The van der Waals surface area contributed by atoms with E-state index in [0.29, 0.717) is 25.8 Å². The molecule has 5 nitrogen and oxygen atoms in total. The molecule has 13 heteroatoms. The predicted octanol–water partition coefficient (Wildman–Crippen LogP) is 7.85. The zero-order valence-electron chi connectivity index (χ0n) is 19.3. The molecule has 1 heterocycles. The molecule has 0 spiro atoms. The number of hydrazone groups is 1. The SMILES string of the molecule is COc1cc(/C=C2/C(=O)N(c3c(F)c(F)c(F)c(F)c3F)N=C2C)c(Br)cc1OCc1ccc(Cl)c(Cl)c1. The quantitative estimate of drug-likeness (QED) is 0.120. The molecule has 0 radical (unpaired) electrons. The van der Waals surface area contributed by atoms with Crippen LogP contribution in [0.5, 0.6) is 11.5 Å². The Morgan fingerprint density at radius 3 is 2.18 bits per heavy atom. The second-order valence-corrected chi connectivity index (χ2v) is 9.51. The van der Waals surface area contributed by atoms with Gasteiger partial charge in [-0.3, -0.25) is 4.79 Å². The molecule has 1 aliphatic heterocycles. The average Bonchev–Trinajstić information content (AvgIpc) is 3.16. The van der Waals surface area contributed by atoms with Crippen LogP contribution in [0.15, 0.2) is 45.5 Å². The van der Waals surface area contributed by atoms with Gasteiger partial charge < -0.3 is 9.47 Å². The van der Waals surface area contributed by atoms with Crippen molar-refractivity contribution < 1.29 is 36.2 Å². The average molecular weight is 636 g/mol. The fourth-order valence-electron chi connectivity index (χ4n) is 3.49. The first-order valence-corrected chi connectivity index (χ1v) is 12.1. The molecule has 0 atom stereocenters. The van der Waals surface area contributed by atoms with Crippen LogP contribution in [0, 0.1) is 29.1 Å². The lowest BCUT2D eigenvalue weighted by Gasteiger charge is -2.15. The highest BCUT2D eigenvalue weighted by atomic mass is 79.9. The molecular weight excluding hydrogens is 622 g/mol. The first-order valence-electron chi connectivity index (χ1n) is 10.5. The minimum Gasteiger partial charge on any atom is -0.493 e. The van der Waals surface area contributed by atoms with Crippen molar-refractivity contribution in [3.8, 4) is 11.5 Å². The van der Waals surface area contributed by atoms with E-state index < -0.39 is 40.7 Å². The van der Waals surface area contributed by atoms with Gasteiger partial charge in [0.05, 0.1) is 28.4 Å². The minimum absolute atomic E-state index is 0.0234. The van der Waals surface area contributed by atoms with Crippen molar-refractivity contribution in [2.75, 3.05) is 12.1 Å². The zero-order chi connectivity index (χ0) is 27.9. The number of carbonyl (C=O) groups is 1. The Morgan fingerprint density at radius 1 is 0.947 bits per heavy atom. The van der Waals surface area contributed by atoms with Gasteiger partial charge in [-0.15, -0.1) is 0 Å². The third-order valence-corrected chi connectivity index (χ3v) is 6.85. The van der Waals surface area contributed by atoms with Gasteiger partial charge in [0.2, 0.25) is 5.82 Å². The smallest absolute Gasteiger partial charge is 0.280 e. The Balaban J connectivity index is 1.65. The Bertz CT molecular complexity index is 1520. The molecular formula is C25H14BrCl2F5N2O3. The first-order chi connectivity index (χ1) is 17.9. The predicted molar refractivity (Wildman–Crippen MR) is 136 cm³/mol. The summed E-state index contributed by atoms with van der Waals surface area (Å²) >= 11 is 15.3. The molecule has 0 N–H and O–H groups in total. The van der Waals surface area contributed by atoms with Gasteiger partial charge >= 0.3 is 0 Å². The van der Waals surface area contributed by atoms with Crippen molar-refractivity contribution in [1.82, 2.24) is 0 Å². The van der Waals surface area contributed by atoms with E-state index in [-0.39, 0.29) is 28.7 Å². The van der Waals surface area contributed by atoms with Gasteiger partial charge in [-0.2, -0.15) is 10.1 Å². The van der Waals surface area contributed by atoms with Crippen LogP contribution in [-0.2, 0) is 11.4 Å². The van der Waals surface area contributed by atoms with Gasteiger partial charge in [0.25, 0.3) is 5.91 Å². The van der Waals surface area contributed by atoms with E-state index in [1.165, 1.54) is 26.2 Å². The Labute approximate surface area is 231 Å². The number of carbonyl (C=O) groups excluding carboxylic acids is 1. The van der Waals surface area contributed by atoms with Crippen molar-refractivity contribution >= 4 is 62.5 Å². The molecule has 3 aromatic carbocycles. The summed E-state index contributed by atoms with van der Waals surface area (Å²) in [6.45, 7) is 1.47. The molecule has 0 saturated heterocycles. The van der Waals surface area contributed by atoms with Crippen LogP contribution in [0.2, 0.25) is 10.0 Å². The third-order valence-electron chi connectivity index (χ3n) is 5.42. The van der Waals surface area contributed by atoms with Crippen LogP contribution in [0.1, 0.15) is 18.1 Å². The molecule has 1 amide bonds. The monoisotopic (exact) mass is 634 g/mol. The van der Waals surface area contributed by atoms with Crippen molar-refractivity contribution in [3.05, 3.63) is 90.6 Å². The van der Waals surface area contributed by atoms with Crippen LogP contribution < -0.4 is 14.5 Å². The summed E-state index contributed by atoms with van der Waals surface area (Å²) in [4.78, 5) is 13.0. The summed E-state index contributed by atoms with van der Waals surface area (Å²) in [6.07, 6.45) is 1.32. The molecule has 0 bridgehead atoms. The maximum Gasteiger partial charge on any atom is 0.280 e. The van der Waals surface area contributed by atoms with E-state index in [9.17, 15) is 26.7 Å². The number of hydrogen-bond donors (Lipinski definition) is 0. The summed E-state index contributed by atoms with van der Waals surface area (Å²) in [5.74, 6) is -11.6. The van der Waals surface area contributed by atoms with E-state index in [1.807, 2.05) is 0 Å². The molecule has 198 valence electrons. The van der Waals surface area contributed by atoms with Crippen molar-refractivity contribution in [2.45, 2.75) is 13.5 Å². The number of benzene rings is 3. The number of nitrogens with zero attached hydrogens (tertiary/aromatic N) is 2. The summed E-state index contributed by atoms with van der Waals surface area (Å²) in [5.41, 5.74) is -0.538. The number of methoxy groups -OCH3 is 1. The lowest BCUT2D eigenvalue weighted by Crippen LogP contribution is -2.25. The molecule has 0 fully saturated rings. The Kier molecular flexibility index (Phi) is 8.01. The standard InChI is InChI=1S/C25H14BrCl2F5N2O3/c1-10-13(25(36)35(34-10)24-22(32)20(30)19(29)21(31)23(24)33)6-12-7-17(37-2)18(8-14(12)26)38-9-11-3-4-15(27)16(28)5-11/h3-8H,9H2,1-2H3/b13-6+. The number of ether oxygens (including phenoxy) is 2. The fourth-order valence-corrected chi connectivity index (χ4v) is 4.25. The highest BCUT2D eigenvalue weighted by Crippen LogP contribution is 2.38. The zero-order valence-corrected chi connectivity index (χ0v) is 22.4. The van der Waals surface area contributed by atoms with Crippen LogP contribution >= 0.6 is 39.1 Å². The lowest BCUT2D eigenvalue weighted by molar-refractivity contribution is -0.114. The summed E-state index contributed by atoms with van der Waals surface area (Å²) in [6, 6.07) is 8.09. The number of anilines is 1. The number of rotatable bonds is 6. The summed E-state index contributed by atoms with van der Waals surface area (Å²) < 4.78 is 81.1. The summed E-state index contributed by atoms with van der Waals surface area (Å²) in [7, 11) is 1.39. The van der Waals surface area contributed by atoms with Crippen molar-refractivity contribution in [2.24, 2.45) is 5.10 Å². The minimum atomic E-state index is -2.34. The van der Waals surface area contributed by atoms with Gasteiger partial charge in [0.15, 0.2) is 34.8 Å². The largest absolute Gasteiger partial charge is 0.493 e. The van der Waals surface area contributed by atoms with Crippen molar-refractivity contribution in [1.29, 1.82) is 0 Å². The fraction of sp³-hybridized carbons (Fsp3) is 0.120. The summed E-state index contributed by atoms with van der Waals surface area (Å²) in [5, 5.41) is 4.62. The number of hydrogen-bond acceptors (Lipinski definition) is 4. The highest BCUT2D eigenvalue weighted by Gasteiger charge is 2.37. The van der Waals surface area contributed by atoms with E-state index >= 15 is 0 Å². The second kappa shape index (κ2) is 10.9. The molecule has 3 aromatic rings. The molecule has 38 heavy (non-hydrogen) atoms. The number of amides is 1. The van der Waals surface area contributed by atoms with E-state index in [0.717, 1.165) is 5.56 Å². The second-order valence-electron chi connectivity index (χ2n) is 7.84. The van der Waals surface area contributed by atoms with Gasteiger partial charge in [0, 0.05) is 4.47 Å². The normalized spacial score (nSPS) is 14.4. The third kappa shape index (κ3) is 5.10. The molecule has 0 unspecified atom stereocenters. The Morgan fingerprint density at radius 2 is 1.58 bits per heavy atom. The van der Waals surface area contributed by atoms with Crippen LogP contribution in [0.3, 0.4) is 0 Å². The highest BCUT2D eigenvalue weighted by molar-refractivity contribution is 9.10. The van der Waals surface area contributed by atoms with Crippen LogP contribution in [0.25, 0.3) is 6.08 Å². The van der Waals surface area contributed by atoms with Gasteiger partial charge in [-0.05, 0) is 48.4 Å². The Hall–Kier alpha value is -3.15. The maximum absolute atomic E-state index is 14.3. The van der Waals surface area contributed by atoms with Gasteiger partial charge in [-0.25, -0.2) is 22.0 Å². The molecule has 0 aliphatic carbocycles. The van der Waals surface area contributed by atoms with Crippen molar-refractivity contribution in [3.63, 3.8) is 0 Å².